The highest BCUT2D eigenvalue weighted by Gasteiger charge is 2.37. The summed E-state index contributed by atoms with van der Waals surface area (Å²) in [5.74, 6) is 0.0698. The number of nitrogens with two attached hydrogens (primary N) is 1. The molecule has 0 spiro atoms. The maximum atomic E-state index is 13.1. The Balaban J connectivity index is 1.50. The molecule has 168 valence electrons. The van der Waals surface area contributed by atoms with E-state index in [0.29, 0.717) is 22.6 Å². The van der Waals surface area contributed by atoms with Gasteiger partial charge in [0.25, 0.3) is 5.91 Å². The number of anilines is 3. The Bertz CT molecular complexity index is 1410. The molecule has 2 N–H and O–H groups in total. The van der Waals surface area contributed by atoms with E-state index in [4.69, 9.17) is 5.73 Å². The van der Waals surface area contributed by atoms with Gasteiger partial charge in [0.15, 0.2) is 17.3 Å². The molecule has 2 amide bonds. The minimum absolute atomic E-state index is 0.245. The lowest BCUT2D eigenvalue weighted by molar-refractivity contribution is 0.0947. The van der Waals surface area contributed by atoms with Crippen LogP contribution in [0.4, 0.5) is 33.5 Å². The van der Waals surface area contributed by atoms with Gasteiger partial charge in [-0.15, -0.1) is 10.2 Å². The van der Waals surface area contributed by atoms with E-state index in [1.807, 2.05) is 48.5 Å². The van der Waals surface area contributed by atoms with Crippen molar-refractivity contribution in [3.63, 3.8) is 0 Å². The summed E-state index contributed by atoms with van der Waals surface area (Å²) in [6.45, 7) is 0. The van der Waals surface area contributed by atoms with Crippen molar-refractivity contribution >= 4 is 40.6 Å². The third-order valence-corrected chi connectivity index (χ3v) is 5.51. The van der Waals surface area contributed by atoms with Crippen LogP contribution in [0.5, 0.6) is 0 Å². The molecule has 0 radical (unpaired) electrons. The molecule has 0 unspecified atom stereocenters. The van der Waals surface area contributed by atoms with E-state index in [-0.39, 0.29) is 17.7 Å². The van der Waals surface area contributed by atoms with Gasteiger partial charge in [0, 0.05) is 32.2 Å². The summed E-state index contributed by atoms with van der Waals surface area (Å²) in [5.41, 5.74) is 9.79. The van der Waals surface area contributed by atoms with Crippen molar-refractivity contribution in [2.24, 2.45) is 10.2 Å². The van der Waals surface area contributed by atoms with E-state index >= 15 is 0 Å². The fraction of sp³-hybridized carbons (Fsp3) is 0.0833. The Hall–Kier alpha value is -4.86. The maximum Gasteiger partial charge on any atom is 0.330 e. The van der Waals surface area contributed by atoms with Gasteiger partial charge in [-0.05, 0) is 47.5 Å². The molecule has 5 rings (SSSR count). The van der Waals surface area contributed by atoms with Crippen LogP contribution >= 0.6 is 0 Å². The Morgan fingerprint density at radius 2 is 1.59 bits per heavy atom. The molecule has 1 aliphatic rings. The smallest absolute Gasteiger partial charge is 0.330 e. The summed E-state index contributed by atoms with van der Waals surface area (Å²) < 4.78 is 1.16. The molecule has 2 bridgehead atoms. The number of nitrogens with zero attached hydrogens (tertiary/aromatic N) is 7. The molecule has 0 atom stereocenters. The number of amides is 2. The summed E-state index contributed by atoms with van der Waals surface area (Å²) in [6.07, 6.45) is 3.02. The minimum atomic E-state index is -0.423. The molecule has 0 saturated carbocycles. The number of pyridine rings is 1. The normalized spacial score (nSPS) is 13.1. The van der Waals surface area contributed by atoms with Crippen molar-refractivity contribution in [3.05, 3.63) is 78.6 Å². The predicted molar refractivity (Wildman–Crippen MR) is 129 cm³/mol. The minimum Gasteiger partial charge on any atom is -0.399 e. The van der Waals surface area contributed by atoms with Crippen molar-refractivity contribution in [2.45, 2.75) is 0 Å². The Morgan fingerprint density at radius 3 is 2.24 bits per heavy atom. The fourth-order valence-corrected chi connectivity index (χ4v) is 3.67. The highest BCUT2D eigenvalue weighted by molar-refractivity contribution is 6.13. The van der Waals surface area contributed by atoms with Crippen LogP contribution in [0.15, 0.2) is 83.3 Å². The number of benzene rings is 2. The van der Waals surface area contributed by atoms with E-state index in [2.05, 4.69) is 20.3 Å². The largest absolute Gasteiger partial charge is 0.399 e. The Morgan fingerprint density at radius 1 is 0.912 bits per heavy atom. The number of carbonyl (C=O) groups excluding carboxylic acids is 2. The van der Waals surface area contributed by atoms with E-state index < -0.39 is 5.91 Å². The van der Waals surface area contributed by atoms with Gasteiger partial charge in [-0.1, -0.05) is 24.3 Å². The van der Waals surface area contributed by atoms with Crippen LogP contribution in [0, 0.1) is 0 Å². The van der Waals surface area contributed by atoms with Crippen molar-refractivity contribution in [2.75, 3.05) is 29.6 Å². The van der Waals surface area contributed by atoms with Crippen LogP contribution in [-0.4, -0.2) is 40.8 Å². The Kier molecular flexibility index (Phi) is 5.09. The van der Waals surface area contributed by atoms with Crippen molar-refractivity contribution < 1.29 is 9.59 Å². The molecule has 10 nitrogen and oxygen atoms in total. The zero-order chi connectivity index (χ0) is 23.8. The molecule has 1 aliphatic heterocycles. The van der Waals surface area contributed by atoms with Gasteiger partial charge in [-0.3, -0.25) is 19.6 Å². The third-order valence-electron chi connectivity index (χ3n) is 5.51. The first kappa shape index (κ1) is 21.0. The molecule has 34 heavy (non-hydrogen) atoms. The summed E-state index contributed by atoms with van der Waals surface area (Å²) in [6, 6.07) is 18.1. The zero-order valence-corrected chi connectivity index (χ0v) is 18.5. The third kappa shape index (κ3) is 3.56. The van der Waals surface area contributed by atoms with Crippen LogP contribution in [0.2, 0.25) is 0 Å². The maximum absolute atomic E-state index is 13.1. The number of hydrogen-bond donors (Lipinski definition) is 1. The molecule has 0 saturated heterocycles. The van der Waals surface area contributed by atoms with E-state index in [1.54, 1.807) is 32.4 Å². The summed E-state index contributed by atoms with van der Waals surface area (Å²) in [5, 5.41) is 13.1. The second kappa shape index (κ2) is 8.24. The topological polar surface area (TPSA) is 122 Å². The Labute approximate surface area is 195 Å². The average Bonchev–Trinajstić information content (AvgIpc) is 3.22. The number of urea groups is 1. The number of azo groups is 1. The number of aromatic nitrogens is 3. The van der Waals surface area contributed by atoms with Crippen LogP contribution in [-0.2, 0) is 0 Å². The summed E-state index contributed by atoms with van der Waals surface area (Å²) in [4.78, 5) is 32.3. The van der Waals surface area contributed by atoms with Gasteiger partial charge >= 0.3 is 6.03 Å². The van der Waals surface area contributed by atoms with Gasteiger partial charge in [0.05, 0.1) is 11.3 Å². The number of carbonyl (C=O) groups is 2. The van der Waals surface area contributed by atoms with Crippen LogP contribution in [0.25, 0.3) is 11.1 Å². The predicted octanol–water partition coefficient (Wildman–Crippen LogP) is 4.64. The molecular formula is C24H20N8O2. The molecule has 3 heterocycles. The lowest BCUT2D eigenvalue weighted by atomic mass is 10.1. The van der Waals surface area contributed by atoms with Crippen molar-refractivity contribution in [3.8, 4) is 11.1 Å². The summed E-state index contributed by atoms with van der Waals surface area (Å²) >= 11 is 0. The molecule has 2 aromatic carbocycles. The van der Waals surface area contributed by atoms with E-state index in [9.17, 15) is 9.59 Å². The highest BCUT2D eigenvalue weighted by atomic mass is 16.2. The molecular weight excluding hydrogens is 432 g/mol. The second-order valence-corrected chi connectivity index (χ2v) is 7.72. The molecule has 0 fully saturated rings. The highest BCUT2D eigenvalue weighted by Crippen LogP contribution is 2.43. The standard InChI is InChI=1S/C24H20N8O2/c1-30-21-20(28-27-19-11-7-16(8-12-19)15-5-9-18(25)10-6-15)22(31(2)24(30)34)32(29-21)23(33)17-4-3-13-26-14-17/h3-14H,25H2,1-2H3. The number of nitrogen functional groups attached to an aromatic ring is 1. The van der Waals surface area contributed by atoms with E-state index in [0.717, 1.165) is 15.8 Å². The van der Waals surface area contributed by atoms with Crippen molar-refractivity contribution in [1.29, 1.82) is 0 Å². The monoisotopic (exact) mass is 452 g/mol. The van der Waals surface area contributed by atoms with Gasteiger partial charge in [-0.2, -0.15) is 9.80 Å². The SMILES string of the molecule is CN1C(=O)N(C)c2c(N=Nc3ccc(-c4ccc(N)cc4)cc3)c1nn2C(=O)c1cccnc1. The zero-order valence-electron chi connectivity index (χ0n) is 18.5. The second-order valence-electron chi connectivity index (χ2n) is 7.72. The van der Waals surface area contributed by atoms with Crippen LogP contribution < -0.4 is 15.5 Å². The van der Waals surface area contributed by atoms with Gasteiger partial charge in [-0.25, -0.2) is 4.79 Å². The first-order chi connectivity index (χ1) is 16.4. The number of fused-ring (bicyclic) bond motifs is 2. The van der Waals surface area contributed by atoms with Crippen molar-refractivity contribution in [1.82, 2.24) is 14.8 Å². The summed E-state index contributed by atoms with van der Waals surface area (Å²) in [7, 11) is 3.13. The van der Waals surface area contributed by atoms with Crippen LogP contribution in [0.3, 0.4) is 0 Å². The lowest BCUT2D eigenvalue weighted by Gasteiger charge is -2.26. The van der Waals surface area contributed by atoms with E-state index in [1.165, 1.54) is 16.0 Å². The first-order valence-electron chi connectivity index (χ1n) is 10.4. The van der Waals surface area contributed by atoms with Gasteiger partial charge < -0.3 is 5.73 Å². The average molecular weight is 452 g/mol. The fourth-order valence-electron chi connectivity index (χ4n) is 3.67. The van der Waals surface area contributed by atoms with Gasteiger partial charge in [0.2, 0.25) is 0 Å². The molecule has 0 aliphatic carbocycles. The lowest BCUT2D eigenvalue weighted by Crippen LogP contribution is -2.41. The molecule has 4 aromatic rings. The number of rotatable bonds is 4. The first-order valence-corrected chi connectivity index (χ1v) is 10.4. The van der Waals surface area contributed by atoms with Crippen LogP contribution in [0.1, 0.15) is 10.4 Å². The number of hydrogen-bond acceptors (Lipinski definition) is 7. The quantitative estimate of drug-likeness (QED) is 0.357. The molecule has 10 heteroatoms. The van der Waals surface area contributed by atoms with Gasteiger partial charge in [0.1, 0.15) is 0 Å². The molecule has 2 aromatic heterocycles.